The SMILES string of the molecule is COc1ccc(C(=O)N2CCCN(C3CCSC3)CC2)cc1F. The first-order chi connectivity index (χ1) is 11.2. The second kappa shape index (κ2) is 7.53. The molecular weight excluding hydrogens is 315 g/mol. The molecule has 0 saturated carbocycles. The molecular formula is C17H23FN2O2S. The first-order valence-corrected chi connectivity index (χ1v) is 9.29. The second-order valence-corrected chi connectivity index (χ2v) is 7.20. The molecule has 0 N–H and O–H groups in total. The van der Waals surface area contributed by atoms with Gasteiger partial charge in [0.05, 0.1) is 7.11 Å². The molecule has 0 bridgehead atoms. The highest BCUT2D eigenvalue weighted by molar-refractivity contribution is 7.99. The minimum Gasteiger partial charge on any atom is -0.494 e. The normalized spacial score (nSPS) is 22.9. The summed E-state index contributed by atoms with van der Waals surface area (Å²) in [6, 6.07) is 5.09. The fourth-order valence-corrected chi connectivity index (χ4v) is 4.55. The number of halogens is 1. The summed E-state index contributed by atoms with van der Waals surface area (Å²) >= 11 is 2.02. The van der Waals surface area contributed by atoms with Crippen molar-refractivity contribution >= 4 is 17.7 Å². The zero-order valence-electron chi connectivity index (χ0n) is 13.5. The van der Waals surface area contributed by atoms with Gasteiger partial charge in [0.1, 0.15) is 0 Å². The van der Waals surface area contributed by atoms with E-state index in [-0.39, 0.29) is 11.7 Å². The van der Waals surface area contributed by atoms with Crippen LogP contribution in [-0.2, 0) is 0 Å². The van der Waals surface area contributed by atoms with Crippen LogP contribution in [0.25, 0.3) is 0 Å². The van der Waals surface area contributed by atoms with Crippen molar-refractivity contribution in [1.29, 1.82) is 0 Å². The third-order valence-corrected chi connectivity index (χ3v) is 5.78. The van der Waals surface area contributed by atoms with Gasteiger partial charge in [0.2, 0.25) is 0 Å². The first kappa shape index (κ1) is 16.6. The maximum absolute atomic E-state index is 13.8. The monoisotopic (exact) mass is 338 g/mol. The molecule has 6 heteroatoms. The van der Waals surface area contributed by atoms with Crippen molar-refractivity contribution in [2.24, 2.45) is 0 Å². The molecule has 2 aliphatic rings. The average molecular weight is 338 g/mol. The van der Waals surface area contributed by atoms with E-state index in [4.69, 9.17) is 4.74 Å². The van der Waals surface area contributed by atoms with E-state index >= 15 is 0 Å². The van der Waals surface area contributed by atoms with Crippen LogP contribution in [0, 0.1) is 5.82 Å². The lowest BCUT2D eigenvalue weighted by Crippen LogP contribution is -2.39. The maximum atomic E-state index is 13.8. The number of nitrogens with zero attached hydrogens (tertiary/aromatic N) is 2. The number of benzene rings is 1. The van der Waals surface area contributed by atoms with Crippen LogP contribution in [0.3, 0.4) is 0 Å². The van der Waals surface area contributed by atoms with Gasteiger partial charge < -0.3 is 9.64 Å². The van der Waals surface area contributed by atoms with Gasteiger partial charge in [-0.2, -0.15) is 11.8 Å². The Morgan fingerprint density at radius 2 is 2.17 bits per heavy atom. The smallest absolute Gasteiger partial charge is 0.254 e. The first-order valence-electron chi connectivity index (χ1n) is 8.13. The molecule has 1 aromatic carbocycles. The van der Waals surface area contributed by atoms with Crippen molar-refractivity contribution in [2.75, 3.05) is 44.8 Å². The quantitative estimate of drug-likeness (QED) is 0.848. The van der Waals surface area contributed by atoms with Crippen LogP contribution in [0.15, 0.2) is 18.2 Å². The number of rotatable bonds is 3. The van der Waals surface area contributed by atoms with E-state index in [9.17, 15) is 9.18 Å². The van der Waals surface area contributed by atoms with E-state index < -0.39 is 5.82 Å². The van der Waals surface area contributed by atoms with Gasteiger partial charge in [0, 0.05) is 43.5 Å². The van der Waals surface area contributed by atoms with Gasteiger partial charge >= 0.3 is 0 Å². The summed E-state index contributed by atoms with van der Waals surface area (Å²) in [4.78, 5) is 17.0. The molecule has 4 nitrogen and oxygen atoms in total. The molecule has 0 spiro atoms. The lowest BCUT2D eigenvalue weighted by molar-refractivity contribution is 0.0758. The highest BCUT2D eigenvalue weighted by Crippen LogP contribution is 2.24. The number of hydrogen-bond acceptors (Lipinski definition) is 4. The molecule has 3 rings (SSSR count). The zero-order valence-corrected chi connectivity index (χ0v) is 14.3. The summed E-state index contributed by atoms with van der Waals surface area (Å²) in [6.07, 6.45) is 2.23. The number of methoxy groups -OCH3 is 1. The molecule has 2 fully saturated rings. The van der Waals surface area contributed by atoms with Crippen molar-refractivity contribution < 1.29 is 13.9 Å². The number of carbonyl (C=O) groups is 1. The topological polar surface area (TPSA) is 32.8 Å². The van der Waals surface area contributed by atoms with E-state index in [0.717, 1.165) is 26.1 Å². The van der Waals surface area contributed by atoms with Gasteiger partial charge in [-0.25, -0.2) is 4.39 Å². The number of amides is 1. The Kier molecular flexibility index (Phi) is 5.43. The zero-order chi connectivity index (χ0) is 16.2. The molecule has 23 heavy (non-hydrogen) atoms. The summed E-state index contributed by atoms with van der Waals surface area (Å²) in [6.45, 7) is 3.41. The summed E-state index contributed by atoms with van der Waals surface area (Å²) < 4.78 is 18.7. The van der Waals surface area contributed by atoms with Gasteiger partial charge in [-0.3, -0.25) is 9.69 Å². The predicted octanol–water partition coefficient (Wildman–Crippen LogP) is 2.49. The number of carbonyl (C=O) groups excluding carboxylic acids is 1. The third-order valence-electron chi connectivity index (χ3n) is 4.64. The van der Waals surface area contributed by atoms with E-state index in [0.29, 0.717) is 18.2 Å². The van der Waals surface area contributed by atoms with Crippen LogP contribution in [-0.4, -0.2) is 66.5 Å². The number of ether oxygens (including phenoxy) is 1. The van der Waals surface area contributed by atoms with Crippen LogP contribution in [0.4, 0.5) is 4.39 Å². The van der Waals surface area contributed by atoms with Gasteiger partial charge in [-0.15, -0.1) is 0 Å². The third kappa shape index (κ3) is 3.80. The maximum Gasteiger partial charge on any atom is 0.254 e. The van der Waals surface area contributed by atoms with Gasteiger partial charge in [-0.05, 0) is 36.8 Å². The molecule has 1 unspecified atom stereocenters. The average Bonchev–Trinajstić information content (AvgIpc) is 2.99. The largest absolute Gasteiger partial charge is 0.494 e. The molecule has 0 radical (unpaired) electrons. The molecule has 0 aliphatic carbocycles. The molecule has 126 valence electrons. The Labute approximate surface area is 141 Å². The molecule has 2 aliphatic heterocycles. The summed E-state index contributed by atoms with van der Waals surface area (Å²) in [7, 11) is 1.42. The fourth-order valence-electron chi connectivity index (χ4n) is 3.30. The molecule has 2 saturated heterocycles. The van der Waals surface area contributed by atoms with Crippen LogP contribution in [0.5, 0.6) is 5.75 Å². The van der Waals surface area contributed by atoms with Gasteiger partial charge in [0.25, 0.3) is 5.91 Å². The van der Waals surface area contributed by atoms with Crippen LogP contribution in [0.1, 0.15) is 23.2 Å². The Bertz CT molecular complexity index is 564. The minimum absolute atomic E-state index is 0.0887. The number of thioether (sulfide) groups is 1. The van der Waals surface area contributed by atoms with Crippen LogP contribution in [0.2, 0.25) is 0 Å². The van der Waals surface area contributed by atoms with Crippen molar-refractivity contribution in [2.45, 2.75) is 18.9 Å². The fraction of sp³-hybridized carbons (Fsp3) is 0.588. The Morgan fingerprint density at radius 3 is 2.87 bits per heavy atom. The molecule has 1 aromatic rings. The van der Waals surface area contributed by atoms with E-state index in [1.165, 1.54) is 37.2 Å². The Hall–Kier alpha value is -1.27. The Morgan fingerprint density at radius 1 is 1.30 bits per heavy atom. The summed E-state index contributed by atoms with van der Waals surface area (Å²) in [5.41, 5.74) is 0.396. The second-order valence-electron chi connectivity index (χ2n) is 6.05. The molecule has 1 atom stereocenters. The predicted molar refractivity (Wildman–Crippen MR) is 90.8 cm³/mol. The van der Waals surface area contributed by atoms with E-state index in [1.54, 1.807) is 6.07 Å². The van der Waals surface area contributed by atoms with Gasteiger partial charge in [-0.1, -0.05) is 0 Å². The Balaban J connectivity index is 1.64. The molecule has 0 aromatic heterocycles. The highest BCUT2D eigenvalue weighted by atomic mass is 32.2. The summed E-state index contributed by atoms with van der Waals surface area (Å²) in [5.74, 6) is 2.04. The lowest BCUT2D eigenvalue weighted by Gasteiger charge is -2.26. The molecule has 1 amide bonds. The summed E-state index contributed by atoms with van der Waals surface area (Å²) in [5, 5.41) is 0. The van der Waals surface area contributed by atoms with Crippen molar-refractivity contribution in [3.8, 4) is 5.75 Å². The lowest BCUT2D eigenvalue weighted by atomic mass is 10.1. The number of hydrogen-bond donors (Lipinski definition) is 0. The van der Waals surface area contributed by atoms with Crippen molar-refractivity contribution in [3.63, 3.8) is 0 Å². The van der Waals surface area contributed by atoms with Gasteiger partial charge in [0.15, 0.2) is 11.6 Å². The van der Waals surface area contributed by atoms with Crippen LogP contribution >= 0.6 is 11.8 Å². The standard InChI is InChI=1S/C17H23FN2O2S/c1-22-16-4-3-13(11-15(16)18)17(21)20-7-2-6-19(8-9-20)14-5-10-23-12-14/h3-4,11,14H,2,5-10,12H2,1H3. The van der Waals surface area contributed by atoms with E-state index in [2.05, 4.69) is 4.90 Å². The van der Waals surface area contributed by atoms with Crippen LogP contribution < -0.4 is 4.74 Å². The minimum atomic E-state index is -0.488. The molecule has 2 heterocycles. The highest BCUT2D eigenvalue weighted by Gasteiger charge is 2.27. The van der Waals surface area contributed by atoms with Crippen molar-refractivity contribution in [3.05, 3.63) is 29.6 Å². The van der Waals surface area contributed by atoms with Crippen molar-refractivity contribution in [1.82, 2.24) is 9.80 Å². The van der Waals surface area contributed by atoms with E-state index in [1.807, 2.05) is 16.7 Å².